The van der Waals surface area contributed by atoms with Gasteiger partial charge in [-0.3, -0.25) is 9.59 Å². The highest BCUT2D eigenvalue weighted by atomic mass is 32.2. The number of carbonyl (C=O) groups is 2. The molecule has 11 heteroatoms. The first-order valence-corrected chi connectivity index (χ1v) is 9.31. The molecule has 2 rings (SSSR count). The average Bonchev–Trinajstić information content (AvgIpc) is 2.62. The minimum absolute atomic E-state index is 0.0273. The van der Waals surface area contributed by atoms with Gasteiger partial charge < -0.3 is 15.4 Å². The van der Waals surface area contributed by atoms with Crippen molar-refractivity contribution in [1.82, 2.24) is 4.72 Å². The highest BCUT2D eigenvalue weighted by Gasteiger charge is 2.18. The number of hydrogen-bond acceptors (Lipinski definition) is 5. The minimum atomic E-state index is -4.10. The molecule has 2 aromatic rings. The quantitative estimate of drug-likeness (QED) is 0.641. The van der Waals surface area contributed by atoms with Crippen molar-refractivity contribution < 1.29 is 31.5 Å². The summed E-state index contributed by atoms with van der Waals surface area (Å²) < 4.78 is 57.9. The van der Waals surface area contributed by atoms with Gasteiger partial charge in [-0.05, 0) is 30.3 Å². The number of anilines is 2. The number of rotatable bonds is 7. The molecule has 8 nitrogen and oxygen atoms in total. The number of nitrogens with one attached hydrogen (secondary N) is 3. The van der Waals surface area contributed by atoms with Crippen LogP contribution in [0, 0.1) is 11.6 Å². The largest absolute Gasteiger partial charge is 0.495 e. The molecule has 150 valence electrons. The van der Waals surface area contributed by atoms with Crippen molar-refractivity contribution in [3.8, 4) is 5.75 Å². The highest BCUT2D eigenvalue weighted by molar-refractivity contribution is 7.89. The molecule has 3 N–H and O–H groups in total. The summed E-state index contributed by atoms with van der Waals surface area (Å²) in [5, 5.41) is 4.68. The first kappa shape index (κ1) is 21.3. The molecule has 0 radical (unpaired) electrons. The zero-order chi connectivity index (χ0) is 20.9. The smallest absolute Gasteiger partial charge is 0.241 e. The van der Waals surface area contributed by atoms with Crippen LogP contribution < -0.4 is 20.1 Å². The van der Waals surface area contributed by atoms with E-state index in [0.717, 1.165) is 18.2 Å². The molecule has 0 saturated carbocycles. The average molecular weight is 413 g/mol. The Labute approximate surface area is 159 Å². The molecule has 0 bridgehead atoms. The Kier molecular flexibility index (Phi) is 6.65. The van der Waals surface area contributed by atoms with E-state index < -0.39 is 40.0 Å². The Morgan fingerprint density at radius 1 is 1.04 bits per heavy atom. The van der Waals surface area contributed by atoms with Gasteiger partial charge >= 0.3 is 0 Å². The molecule has 0 heterocycles. The van der Waals surface area contributed by atoms with Gasteiger partial charge in [-0.15, -0.1) is 0 Å². The lowest BCUT2D eigenvalue weighted by Gasteiger charge is -2.12. The number of ether oxygens (including phenoxy) is 1. The van der Waals surface area contributed by atoms with E-state index in [-0.39, 0.29) is 22.0 Å². The van der Waals surface area contributed by atoms with Gasteiger partial charge in [-0.25, -0.2) is 21.9 Å². The summed E-state index contributed by atoms with van der Waals surface area (Å²) in [6.45, 7) is 0.602. The number of hydrogen-bond donors (Lipinski definition) is 3. The number of amides is 2. The fourth-order valence-corrected chi connectivity index (χ4v) is 3.17. The van der Waals surface area contributed by atoms with Gasteiger partial charge in [0.2, 0.25) is 21.8 Å². The van der Waals surface area contributed by atoms with Gasteiger partial charge in [0, 0.05) is 18.7 Å². The minimum Gasteiger partial charge on any atom is -0.495 e. The summed E-state index contributed by atoms with van der Waals surface area (Å²) in [6.07, 6.45) is 0. The third-order valence-corrected chi connectivity index (χ3v) is 4.82. The number of sulfonamides is 1. The molecule has 0 aliphatic carbocycles. The van der Waals surface area contributed by atoms with Gasteiger partial charge in [-0.2, -0.15) is 0 Å². The van der Waals surface area contributed by atoms with E-state index in [1.807, 2.05) is 0 Å². The Hall–Kier alpha value is -3.05. The third kappa shape index (κ3) is 5.47. The first-order chi connectivity index (χ1) is 13.1. The Bertz CT molecular complexity index is 1010. The fourth-order valence-electron chi connectivity index (χ4n) is 2.16. The van der Waals surface area contributed by atoms with E-state index in [2.05, 4.69) is 15.4 Å². The van der Waals surface area contributed by atoms with Crippen LogP contribution in [0.15, 0.2) is 41.3 Å². The van der Waals surface area contributed by atoms with Gasteiger partial charge in [0.25, 0.3) is 0 Å². The summed E-state index contributed by atoms with van der Waals surface area (Å²) in [6, 6.07) is 6.49. The summed E-state index contributed by atoms with van der Waals surface area (Å²) in [7, 11) is -2.74. The van der Waals surface area contributed by atoms with Gasteiger partial charge in [0.1, 0.15) is 5.75 Å². The zero-order valence-electron chi connectivity index (χ0n) is 14.9. The van der Waals surface area contributed by atoms with Crippen LogP contribution in [0.4, 0.5) is 20.2 Å². The normalized spacial score (nSPS) is 11.0. The van der Waals surface area contributed by atoms with Crippen LogP contribution in [0.5, 0.6) is 5.75 Å². The van der Waals surface area contributed by atoms with Crippen molar-refractivity contribution in [3.63, 3.8) is 0 Å². The third-order valence-electron chi connectivity index (χ3n) is 3.42. The number of halogens is 2. The zero-order valence-corrected chi connectivity index (χ0v) is 15.7. The second kappa shape index (κ2) is 8.76. The number of carbonyl (C=O) groups excluding carboxylic acids is 2. The van der Waals surface area contributed by atoms with E-state index in [4.69, 9.17) is 4.74 Å². The first-order valence-electron chi connectivity index (χ1n) is 7.82. The summed E-state index contributed by atoms with van der Waals surface area (Å²) in [5.74, 6) is -3.18. The molecule has 0 fully saturated rings. The lowest BCUT2D eigenvalue weighted by Crippen LogP contribution is -2.33. The topological polar surface area (TPSA) is 114 Å². The Morgan fingerprint density at radius 3 is 2.36 bits per heavy atom. The molecule has 0 aromatic heterocycles. The molecule has 0 saturated heterocycles. The lowest BCUT2D eigenvalue weighted by molar-refractivity contribution is -0.115. The monoisotopic (exact) mass is 413 g/mol. The molecular formula is C17H17F2N3O5S. The fraction of sp³-hybridized carbons (Fsp3) is 0.176. The van der Waals surface area contributed by atoms with Crippen LogP contribution in [-0.2, 0) is 19.6 Å². The molecule has 2 amide bonds. The predicted octanol–water partition coefficient (Wildman–Crippen LogP) is 1.85. The SMILES string of the molecule is COc1ccc(S(=O)(=O)NCC(=O)Nc2ccc(F)c(F)c2)cc1NC(C)=O. The maximum absolute atomic E-state index is 13.1. The molecule has 2 aromatic carbocycles. The van der Waals surface area contributed by atoms with E-state index >= 15 is 0 Å². The van der Waals surface area contributed by atoms with Crippen LogP contribution in [0.25, 0.3) is 0 Å². The Balaban J connectivity index is 2.09. The van der Waals surface area contributed by atoms with Crippen LogP contribution >= 0.6 is 0 Å². The van der Waals surface area contributed by atoms with Crippen molar-refractivity contribution in [2.45, 2.75) is 11.8 Å². The van der Waals surface area contributed by atoms with Crippen molar-refractivity contribution in [2.75, 3.05) is 24.3 Å². The molecule has 0 unspecified atom stereocenters. The van der Waals surface area contributed by atoms with Crippen LogP contribution in [-0.4, -0.2) is 33.9 Å². The van der Waals surface area contributed by atoms with Crippen molar-refractivity contribution >= 4 is 33.2 Å². The van der Waals surface area contributed by atoms with Crippen molar-refractivity contribution in [1.29, 1.82) is 0 Å². The van der Waals surface area contributed by atoms with E-state index in [1.54, 1.807) is 0 Å². The second-order valence-electron chi connectivity index (χ2n) is 5.54. The van der Waals surface area contributed by atoms with Crippen molar-refractivity contribution in [2.24, 2.45) is 0 Å². The van der Waals surface area contributed by atoms with E-state index in [9.17, 15) is 26.8 Å². The van der Waals surface area contributed by atoms with Crippen LogP contribution in [0.3, 0.4) is 0 Å². The van der Waals surface area contributed by atoms with Gasteiger partial charge in [-0.1, -0.05) is 0 Å². The standard InChI is InChI=1S/C17H17F2N3O5S/c1-10(23)21-15-8-12(4-6-16(15)27-2)28(25,26)20-9-17(24)22-11-3-5-13(18)14(19)7-11/h3-8,20H,9H2,1-2H3,(H,21,23)(H,22,24). The van der Waals surface area contributed by atoms with Crippen molar-refractivity contribution in [3.05, 3.63) is 48.0 Å². The summed E-state index contributed by atoms with van der Waals surface area (Å²) >= 11 is 0. The number of methoxy groups -OCH3 is 1. The second-order valence-corrected chi connectivity index (χ2v) is 7.31. The summed E-state index contributed by atoms with van der Waals surface area (Å²) in [4.78, 5) is 22.9. The van der Waals surface area contributed by atoms with E-state index in [0.29, 0.717) is 0 Å². The van der Waals surface area contributed by atoms with Gasteiger partial charge in [0.05, 0.1) is 24.2 Å². The summed E-state index contributed by atoms with van der Waals surface area (Å²) in [5.41, 5.74) is 0.115. The lowest BCUT2D eigenvalue weighted by atomic mass is 10.3. The van der Waals surface area contributed by atoms with E-state index in [1.165, 1.54) is 32.2 Å². The maximum Gasteiger partial charge on any atom is 0.241 e. The molecule has 0 aliphatic rings. The van der Waals surface area contributed by atoms with Crippen LogP contribution in [0.2, 0.25) is 0 Å². The molecule has 28 heavy (non-hydrogen) atoms. The molecule has 0 atom stereocenters. The predicted molar refractivity (Wildman–Crippen MR) is 97.5 cm³/mol. The number of benzene rings is 2. The highest BCUT2D eigenvalue weighted by Crippen LogP contribution is 2.27. The Morgan fingerprint density at radius 2 is 1.75 bits per heavy atom. The molecular weight excluding hydrogens is 396 g/mol. The van der Waals surface area contributed by atoms with Crippen LogP contribution in [0.1, 0.15) is 6.92 Å². The molecule has 0 spiro atoms. The molecule has 0 aliphatic heterocycles. The maximum atomic E-state index is 13.1. The van der Waals surface area contributed by atoms with Gasteiger partial charge in [0.15, 0.2) is 11.6 Å².